The number of rotatable bonds is 30. The first-order valence-electron chi connectivity index (χ1n) is 31.1. The molecule has 0 unspecified atom stereocenters. The number of unbranched alkanes of at least 4 members (excludes halogenated alkanes) is 9. The SMILES string of the molecule is O=C(O)c1ccc(C(=O)NCCOCCCCCCCCCCCCNC(=O)[C@@H]2CN(C(=O)c3ccc(C(=O)N4C[C@@H](C(=O)N[C@H]5C[C@@H]5c5ccccc5)[C@H](C(=O)N[C@H]5C[C@@H]5c5ccccc5)C4)cc3)C[C@H]2C(=O)N[C@H]2C[C@@H]2c2ccccc2)cc1. The fourth-order valence-corrected chi connectivity index (χ4v) is 12.6. The maximum atomic E-state index is 14.3. The number of ether oxygens (including phenoxy) is 1. The molecule has 3 aliphatic carbocycles. The summed E-state index contributed by atoms with van der Waals surface area (Å²) in [6.45, 7) is 2.16. The van der Waals surface area contributed by atoms with E-state index in [0.29, 0.717) is 43.0 Å². The Balaban J connectivity index is 0.664. The number of benzene rings is 5. The summed E-state index contributed by atoms with van der Waals surface area (Å²) in [5.41, 5.74) is 4.62. The van der Waals surface area contributed by atoms with Gasteiger partial charge in [-0.15, -0.1) is 0 Å². The second-order valence-electron chi connectivity index (χ2n) is 24.1. The Morgan fingerprint density at radius 3 is 1.13 bits per heavy atom. The second kappa shape index (κ2) is 29.3. The maximum Gasteiger partial charge on any atom is 0.335 e. The summed E-state index contributed by atoms with van der Waals surface area (Å²) in [6, 6.07) is 42.2. The Bertz CT molecular complexity index is 3070. The highest BCUT2D eigenvalue weighted by atomic mass is 16.5. The fourth-order valence-electron chi connectivity index (χ4n) is 12.6. The lowest BCUT2D eigenvalue weighted by Crippen LogP contribution is -2.43. The van der Waals surface area contributed by atoms with E-state index in [9.17, 15) is 38.4 Å². The molecule has 0 spiro atoms. The number of hydrogen-bond acceptors (Lipinski definition) is 9. The molecule has 452 valence electrons. The van der Waals surface area contributed by atoms with Crippen molar-refractivity contribution in [1.82, 2.24) is 36.4 Å². The van der Waals surface area contributed by atoms with Gasteiger partial charge in [-0.25, -0.2) is 4.79 Å². The van der Waals surface area contributed by atoms with Gasteiger partial charge in [0.25, 0.3) is 17.7 Å². The number of aromatic carboxylic acids is 1. The molecule has 0 aromatic heterocycles. The number of carboxylic acids is 1. The van der Waals surface area contributed by atoms with Crippen molar-refractivity contribution in [2.45, 2.75) is 119 Å². The summed E-state index contributed by atoms with van der Waals surface area (Å²) < 4.78 is 5.68. The average Bonchev–Trinajstić information content (AvgIpc) is 3.24. The molecule has 5 aromatic carbocycles. The maximum absolute atomic E-state index is 14.3. The molecule has 7 amide bonds. The molecule has 2 aliphatic heterocycles. The minimum Gasteiger partial charge on any atom is -0.478 e. The van der Waals surface area contributed by atoms with Gasteiger partial charge in [0.1, 0.15) is 0 Å². The normalized spacial score (nSPS) is 23.4. The van der Waals surface area contributed by atoms with E-state index in [-0.39, 0.29) is 109 Å². The summed E-state index contributed by atoms with van der Waals surface area (Å²) in [4.78, 5) is 111. The highest BCUT2D eigenvalue weighted by Gasteiger charge is 2.50. The number of carboxylic acid groups (broad SMARTS) is 1. The molecule has 2 saturated heterocycles. The van der Waals surface area contributed by atoms with E-state index in [2.05, 4.69) is 63.0 Å². The van der Waals surface area contributed by atoms with Gasteiger partial charge in [-0.1, -0.05) is 142 Å². The van der Waals surface area contributed by atoms with E-state index in [1.54, 1.807) is 34.1 Å². The topological polar surface area (TPSA) is 233 Å². The van der Waals surface area contributed by atoms with Crippen molar-refractivity contribution in [3.05, 3.63) is 178 Å². The van der Waals surface area contributed by atoms with Crippen molar-refractivity contribution < 1.29 is 48.2 Å². The standard InChI is InChI=1S/C69H81N7O10/c77-62(48-26-32-51(33-27-48)69(84)85)71-35-37-86-36-19-8-6-4-2-1-3-5-7-18-34-70-63(78)55-41-75(42-56(55)64(79)72-59-38-52(59)45-20-12-9-13-21-45)67(82)49-28-30-50(31-29-49)68(83)76-43-57(65(80)73-60-39-53(60)46-22-14-10-15-23-46)58(44-76)66(81)74-61-40-54(61)47-24-16-11-17-25-47/h9-17,20-33,52-61H,1-8,18-19,34-44H2,(H,70,78)(H,71,77)(H,72,79)(H,73,80)(H,74,81)(H,84,85)/t52-,53-,54-,55-,56-,57-,58-,59+,60+,61+/m1/s1. The van der Waals surface area contributed by atoms with Crippen LogP contribution in [0.25, 0.3) is 0 Å². The molecule has 5 aliphatic rings. The number of likely N-dealkylation sites (tertiary alicyclic amines) is 2. The monoisotopic (exact) mass is 1170 g/mol. The van der Waals surface area contributed by atoms with Crippen LogP contribution in [0.1, 0.15) is 159 Å². The molecular formula is C69H81N7O10. The van der Waals surface area contributed by atoms with Crippen molar-refractivity contribution >= 4 is 47.3 Å². The molecule has 86 heavy (non-hydrogen) atoms. The van der Waals surface area contributed by atoms with Crippen LogP contribution in [0.2, 0.25) is 0 Å². The van der Waals surface area contributed by atoms with Gasteiger partial charge in [-0.2, -0.15) is 0 Å². The highest BCUT2D eigenvalue weighted by molar-refractivity contribution is 6.00. The van der Waals surface area contributed by atoms with Crippen molar-refractivity contribution in [2.24, 2.45) is 23.7 Å². The van der Waals surface area contributed by atoms with Crippen LogP contribution in [0.5, 0.6) is 0 Å². The zero-order valence-corrected chi connectivity index (χ0v) is 48.9. The largest absolute Gasteiger partial charge is 0.478 e. The first-order valence-corrected chi connectivity index (χ1v) is 31.1. The fraction of sp³-hybridized carbons (Fsp3) is 0.449. The molecule has 2 heterocycles. The molecule has 5 fully saturated rings. The zero-order chi connectivity index (χ0) is 59.9. The molecule has 6 N–H and O–H groups in total. The number of amides is 7. The van der Waals surface area contributed by atoms with Gasteiger partial charge < -0.3 is 46.2 Å². The van der Waals surface area contributed by atoms with Crippen LogP contribution in [0, 0.1) is 23.7 Å². The van der Waals surface area contributed by atoms with Crippen molar-refractivity contribution in [2.75, 3.05) is 52.5 Å². The van der Waals surface area contributed by atoms with Gasteiger partial charge in [0.05, 0.1) is 35.8 Å². The van der Waals surface area contributed by atoms with Gasteiger partial charge in [-0.05, 0) is 97.3 Å². The lowest BCUT2D eigenvalue weighted by Gasteiger charge is -2.18. The number of nitrogens with zero attached hydrogens (tertiary/aromatic N) is 2. The van der Waals surface area contributed by atoms with E-state index >= 15 is 0 Å². The third kappa shape index (κ3) is 16.2. The molecule has 10 rings (SSSR count). The van der Waals surface area contributed by atoms with Crippen molar-refractivity contribution in [1.29, 1.82) is 0 Å². The average molecular weight is 1170 g/mol. The molecular weight excluding hydrogens is 1090 g/mol. The quantitative estimate of drug-likeness (QED) is 0.0241. The van der Waals surface area contributed by atoms with Gasteiger partial charge in [-0.3, -0.25) is 33.6 Å². The second-order valence-corrected chi connectivity index (χ2v) is 24.1. The molecule has 17 nitrogen and oxygen atoms in total. The lowest BCUT2D eigenvalue weighted by atomic mass is 9.94. The van der Waals surface area contributed by atoms with Gasteiger partial charge in [0, 0.05) is 98.4 Å². The summed E-state index contributed by atoms with van der Waals surface area (Å²) in [5.74, 6) is -5.37. The van der Waals surface area contributed by atoms with E-state index in [0.717, 1.165) is 100 Å². The summed E-state index contributed by atoms with van der Waals surface area (Å²) in [6.07, 6.45) is 13.0. The van der Waals surface area contributed by atoms with E-state index in [1.165, 1.54) is 24.3 Å². The molecule has 0 bridgehead atoms. The van der Waals surface area contributed by atoms with Crippen LogP contribution >= 0.6 is 0 Å². The number of carbonyl (C=O) groups is 8. The van der Waals surface area contributed by atoms with Crippen LogP contribution in [-0.4, -0.2) is 133 Å². The van der Waals surface area contributed by atoms with E-state index in [1.807, 2.05) is 54.6 Å². The van der Waals surface area contributed by atoms with Gasteiger partial charge in [0.15, 0.2) is 0 Å². The Labute approximate surface area is 503 Å². The third-order valence-corrected chi connectivity index (χ3v) is 17.9. The summed E-state index contributed by atoms with van der Waals surface area (Å²) >= 11 is 0. The highest BCUT2D eigenvalue weighted by Crippen LogP contribution is 2.44. The van der Waals surface area contributed by atoms with Crippen LogP contribution in [0.4, 0.5) is 0 Å². The minimum absolute atomic E-state index is 0.0462. The molecule has 17 heteroatoms. The van der Waals surface area contributed by atoms with E-state index < -0.39 is 29.6 Å². The van der Waals surface area contributed by atoms with Crippen LogP contribution in [0.15, 0.2) is 140 Å². The van der Waals surface area contributed by atoms with Gasteiger partial charge >= 0.3 is 5.97 Å². The van der Waals surface area contributed by atoms with E-state index in [4.69, 9.17) is 9.84 Å². The number of nitrogens with one attached hydrogen (secondary N) is 5. The predicted octanol–water partition coefficient (Wildman–Crippen LogP) is 8.24. The summed E-state index contributed by atoms with van der Waals surface area (Å²) in [5, 5.41) is 24.5. The zero-order valence-electron chi connectivity index (χ0n) is 48.9. The van der Waals surface area contributed by atoms with Crippen molar-refractivity contribution in [3.8, 4) is 0 Å². The number of hydrogen-bond donors (Lipinski definition) is 6. The van der Waals surface area contributed by atoms with Crippen molar-refractivity contribution in [3.63, 3.8) is 0 Å². The third-order valence-electron chi connectivity index (χ3n) is 17.9. The molecule has 5 aromatic rings. The first-order chi connectivity index (χ1) is 41.9. The Hall–Kier alpha value is -8.18. The molecule has 10 atom stereocenters. The smallest absolute Gasteiger partial charge is 0.335 e. The Kier molecular flexibility index (Phi) is 20.7. The summed E-state index contributed by atoms with van der Waals surface area (Å²) in [7, 11) is 0. The van der Waals surface area contributed by atoms with Gasteiger partial charge in [0.2, 0.25) is 23.6 Å². The number of carbonyl (C=O) groups excluding carboxylic acids is 7. The molecule has 0 radical (unpaired) electrons. The molecule has 3 saturated carbocycles. The minimum atomic E-state index is -1.04. The van der Waals surface area contributed by atoms with Crippen LogP contribution in [-0.2, 0) is 23.9 Å². The lowest BCUT2D eigenvalue weighted by molar-refractivity contribution is -0.133. The first kappa shape index (κ1) is 60.9. The van der Waals surface area contributed by atoms with Crippen LogP contribution < -0.4 is 26.6 Å². The Morgan fingerprint density at radius 2 is 0.733 bits per heavy atom. The predicted molar refractivity (Wildman–Crippen MR) is 325 cm³/mol. The Morgan fingerprint density at radius 1 is 0.384 bits per heavy atom. The van der Waals surface area contributed by atoms with Crippen LogP contribution in [0.3, 0.4) is 0 Å².